The largest absolute Gasteiger partial charge is 0.500 e. The fraction of sp³-hybridized carbons (Fsp3) is 0.455. The van der Waals surface area contributed by atoms with E-state index in [0.29, 0.717) is 0 Å². The van der Waals surface area contributed by atoms with Gasteiger partial charge in [-0.15, -0.1) is 0 Å². The van der Waals surface area contributed by atoms with Gasteiger partial charge in [0.1, 0.15) is 0 Å². The summed E-state index contributed by atoms with van der Waals surface area (Å²) in [5.74, 6) is 0. The maximum absolute atomic E-state index is 5.58. The smallest absolute Gasteiger partial charge is 0.377 e. The maximum atomic E-state index is 5.58. The molecule has 0 unspecified atom stereocenters. The van der Waals surface area contributed by atoms with Crippen LogP contribution in [0.3, 0.4) is 0 Å². The zero-order valence-corrected chi connectivity index (χ0v) is 20.1. The Labute approximate surface area is 172 Å². The molecule has 0 amide bonds. The summed E-state index contributed by atoms with van der Waals surface area (Å²) in [6.07, 6.45) is 0.937. The lowest BCUT2D eigenvalue weighted by Crippen LogP contribution is -2.73. The number of hydrogen-bond donors (Lipinski definition) is 1. The standard InChI is InChI=1S/C22H35NO3Si2/c1-22(2,3)28(20-14-9-7-10-15-20,21-16-11-8-12-17-21)23-18-13-19-27(24-4,25-5)26-6/h7-12,14-17,23H,13,18-19H2,1-6H3. The van der Waals surface area contributed by atoms with Gasteiger partial charge in [0.15, 0.2) is 8.24 Å². The van der Waals surface area contributed by atoms with Gasteiger partial charge in [0, 0.05) is 27.4 Å². The van der Waals surface area contributed by atoms with E-state index in [9.17, 15) is 0 Å². The zero-order chi connectivity index (χ0) is 20.7. The average Bonchev–Trinajstić information content (AvgIpc) is 2.72. The normalized spacial score (nSPS) is 12.9. The average molecular weight is 418 g/mol. The number of rotatable bonds is 10. The molecule has 28 heavy (non-hydrogen) atoms. The van der Waals surface area contributed by atoms with Crippen LogP contribution in [0.25, 0.3) is 0 Å². The van der Waals surface area contributed by atoms with Crippen LogP contribution in [0.1, 0.15) is 27.2 Å². The van der Waals surface area contributed by atoms with Crippen molar-refractivity contribution in [3.05, 3.63) is 60.7 Å². The molecule has 2 aromatic carbocycles. The van der Waals surface area contributed by atoms with Crippen LogP contribution in [-0.2, 0) is 13.3 Å². The van der Waals surface area contributed by atoms with Gasteiger partial charge in [0.25, 0.3) is 0 Å². The Kier molecular flexibility index (Phi) is 8.18. The zero-order valence-electron chi connectivity index (χ0n) is 18.1. The van der Waals surface area contributed by atoms with E-state index < -0.39 is 17.0 Å². The first-order chi connectivity index (χ1) is 13.3. The second kappa shape index (κ2) is 9.96. The second-order valence-corrected chi connectivity index (χ2v) is 15.7. The van der Waals surface area contributed by atoms with Crippen LogP contribution in [0.5, 0.6) is 0 Å². The van der Waals surface area contributed by atoms with Gasteiger partial charge in [-0.2, -0.15) is 0 Å². The highest BCUT2D eigenvalue weighted by atomic mass is 28.4. The molecule has 0 aliphatic carbocycles. The number of hydrogen-bond acceptors (Lipinski definition) is 4. The molecular formula is C22H35NO3Si2. The van der Waals surface area contributed by atoms with E-state index in [4.69, 9.17) is 13.3 Å². The van der Waals surface area contributed by atoms with Gasteiger partial charge in [-0.25, -0.2) is 0 Å². The molecule has 2 aromatic rings. The fourth-order valence-corrected chi connectivity index (χ4v) is 10.7. The van der Waals surface area contributed by atoms with E-state index in [1.165, 1.54) is 10.4 Å². The Bertz CT molecular complexity index is 653. The first kappa shape index (κ1) is 23.0. The quantitative estimate of drug-likeness (QED) is 0.475. The number of nitrogens with one attached hydrogen (secondary N) is 1. The van der Waals surface area contributed by atoms with Crippen molar-refractivity contribution in [2.45, 2.75) is 38.3 Å². The van der Waals surface area contributed by atoms with Crippen LogP contribution in [0.4, 0.5) is 0 Å². The lowest BCUT2D eigenvalue weighted by Gasteiger charge is -2.44. The maximum Gasteiger partial charge on any atom is 0.500 e. The summed E-state index contributed by atoms with van der Waals surface area (Å²) < 4.78 is 16.7. The summed E-state index contributed by atoms with van der Waals surface area (Å²) in [4.78, 5) is 4.05. The third kappa shape index (κ3) is 4.82. The van der Waals surface area contributed by atoms with Gasteiger partial charge in [0.2, 0.25) is 0 Å². The Balaban J connectivity index is 2.34. The van der Waals surface area contributed by atoms with E-state index in [0.717, 1.165) is 19.0 Å². The summed E-state index contributed by atoms with van der Waals surface area (Å²) in [6.45, 7) is 7.94. The van der Waals surface area contributed by atoms with Gasteiger partial charge in [0.05, 0.1) is 0 Å². The van der Waals surface area contributed by atoms with Crippen LogP contribution >= 0.6 is 0 Å². The van der Waals surface area contributed by atoms with Gasteiger partial charge < -0.3 is 18.3 Å². The molecule has 0 radical (unpaired) electrons. The topological polar surface area (TPSA) is 39.7 Å². The Morgan fingerprint density at radius 2 is 1.18 bits per heavy atom. The monoisotopic (exact) mass is 417 g/mol. The van der Waals surface area contributed by atoms with Crippen molar-refractivity contribution in [1.29, 1.82) is 0 Å². The minimum Gasteiger partial charge on any atom is -0.377 e. The second-order valence-electron chi connectivity index (χ2n) is 8.06. The molecule has 0 aliphatic rings. The first-order valence-electron chi connectivity index (χ1n) is 9.87. The summed E-state index contributed by atoms with van der Waals surface area (Å²) in [5.41, 5.74) is 0. The van der Waals surface area contributed by atoms with E-state index in [2.05, 4.69) is 86.4 Å². The minimum atomic E-state index is -2.54. The summed E-state index contributed by atoms with van der Waals surface area (Å²) in [6, 6.07) is 22.6. The molecule has 0 heterocycles. The summed E-state index contributed by atoms with van der Waals surface area (Å²) >= 11 is 0. The molecule has 0 saturated carbocycles. The van der Waals surface area contributed by atoms with E-state index in [-0.39, 0.29) is 5.04 Å². The minimum absolute atomic E-state index is 0.0913. The van der Waals surface area contributed by atoms with Crippen LogP contribution in [0, 0.1) is 0 Å². The SMILES string of the molecule is CO[Si](CCCN[Si](c1ccccc1)(c1ccccc1)C(C)(C)C)(OC)OC. The highest BCUT2D eigenvalue weighted by molar-refractivity contribution is 7.02. The fourth-order valence-electron chi connectivity index (χ4n) is 4.02. The summed E-state index contributed by atoms with van der Waals surface area (Å²) in [7, 11) is 0.250. The van der Waals surface area contributed by atoms with Gasteiger partial charge in [-0.1, -0.05) is 81.4 Å². The highest BCUT2D eigenvalue weighted by Gasteiger charge is 2.48. The van der Waals surface area contributed by atoms with Gasteiger partial charge in [-0.3, -0.25) is 0 Å². The molecule has 2 rings (SSSR count). The predicted molar refractivity (Wildman–Crippen MR) is 122 cm³/mol. The Hall–Kier alpha value is -1.29. The van der Waals surface area contributed by atoms with Crippen molar-refractivity contribution < 1.29 is 13.3 Å². The molecule has 6 heteroatoms. The van der Waals surface area contributed by atoms with Crippen molar-refractivity contribution in [2.75, 3.05) is 27.9 Å². The molecule has 0 bridgehead atoms. The Morgan fingerprint density at radius 1 is 0.750 bits per heavy atom. The summed E-state index contributed by atoms with van der Waals surface area (Å²) in [5, 5.41) is 2.90. The van der Waals surface area contributed by atoms with Crippen LogP contribution < -0.4 is 15.4 Å². The highest BCUT2D eigenvalue weighted by Crippen LogP contribution is 2.34. The molecule has 0 aromatic heterocycles. The van der Waals surface area contributed by atoms with Crippen molar-refractivity contribution in [2.24, 2.45) is 0 Å². The van der Waals surface area contributed by atoms with Gasteiger partial charge >= 0.3 is 8.80 Å². The molecule has 0 atom stereocenters. The Morgan fingerprint density at radius 3 is 1.54 bits per heavy atom. The number of benzene rings is 2. The van der Waals surface area contributed by atoms with Crippen LogP contribution in [-0.4, -0.2) is 44.9 Å². The predicted octanol–water partition coefficient (Wildman–Crippen LogP) is 3.40. The molecule has 0 fully saturated rings. The molecule has 154 valence electrons. The lowest BCUT2D eigenvalue weighted by molar-refractivity contribution is 0.123. The molecular weight excluding hydrogens is 382 g/mol. The van der Waals surface area contributed by atoms with Crippen molar-refractivity contribution in [3.8, 4) is 0 Å². The molecule has 1 N–H and O–H groups in total. The third-order valence-corrected chi connectivity index (χ3v) is 13.8. The van der Waals surface area contributed by atoms with E-state index in [1.807, 2.05) is 0 Å². The van der Waals surface area contributed by atoms with Gasteiger partial charge in [-0.05, 0) is 28.4 Å². The van der Waals surface area contributed by atoms with Crippen LogP contribution in [0.2, 0.25) is 11.1 Å². The van der Waals surface area contributed by atoms with E-state index >= 15 is 0 Å². The molecule has 0 aliphatic heterocycles. The van der Waals surface area contributed by atoms with E-state index in [1.54, 1.807) is 21.3 Å². The molecule has 0 spiro atoms. The lowest BCUT2D eigenvalue weighted by atomic mass is 10.2. The van der Waals surface area contributed by atoms with Crippen molar-refractivity contribution >= 4 is 27.4 Å². The first-order valence-corrected chi connectivity index (χ1v) is 13.8. The van der Waals surface area contributed by atoms with Crippen LogP contribution in [0.15, 0.2) is 60.7 Å². The molecule has 0 saturated heterocycles. The van der Waals surface area contributed by atoms with Crippen molar-refractivity contribution in [3.63, 3.8) is 0 Å². The third-order valence-electron chi connectivity index (χ3n) is 5.52. The molecule has 4 nitrogen and oxygen atoms in total. The van der Waals surface area contributed by atoms with Crippen molar-refractivity contribution in [1.82, 2.24) is 4.98 Å².